The van der Waals surface area contributed by atoms with Crippen LogP contribution < -0.4 is 10.2 Å². The maximum absolute atomic E-state index is 12.5. The summed E-state index contributed by atoms with van der Waals surface area (Å²) in [6, 6.07) is 15.6. The molecule has 1 atom stereocenters. The molecule has 0 saturated carbocycles. The van der Waals surface area contributed by atoms with Gasteiger partial charge in [0.15, 0.2) is 0 Å². The summed E-state index contributed by atoms with van der Waals surface area (Å²) in [6.45, 7) is 4.52. The highest BCUT2D eigenvalue weighted by Crippen LogP contribution is 2.26. The van der Waals surface area contributed by atoms with Gasteiger partial charge in [0.2, 0.25) is 11.8 Å². The Morgan fingerprint density at radius 2 is 1.96 bits per heavy atom. The summed E-state index contributed by atoms with van der Waals surface area (Å²) in [4.78, 5) is 26.5. The second-order valence-electron chi connectivity index (χ2n) is 6.28. The lowest BCUT2D eigenvalue weighted by molar-refractivity contribution is -0.122. The topological polar surface area (TPSA) is 49.4 Å². The summed E-state index contributed by atoms with van der Waals surface area (Å²) in [5.74, 6) is -0.406. The first-order valence-electron chi connectivity index (χ1n) is 8.33. The van der Waals surface area contributed by atoms with Crippen LogP contribution in [-0.4, -0.2) is 18.4 Å². The van der Waals surface area contributed by atoms with Crippen molar-refractivity contribution in [3.8, 4) is 0 Å². The van der Waals surface area contributed by atoms with E-state index >= 15 is 0 Å². The van der Waals surface area contributed by atoms with Crippen molar-refractivity contribution in [1.82, 2.24) is 0 Å². The molecule has 1 aliphatic heterocycles. The van der Waals surface area contributed by atoms with Gasteiger partial charge in [0.25, 0.3) is 0 Å². The number of benzene rings is 2. The van der Waals surface area contributed by atoms with Crippen molar-refractivity contribution in [3.05, 3.63) is 59.7 Å². The Bertz CT molecular complexity index is 752. The molecule has 1 N–H and O–H groups in total. The Hall–Kier alpha value is -2.62. The van der Waals surface area contributed by atoms with Crippen LogP contribution in [0, 0.1) is 12.8 Å². The predicted octanol–water partition coefficient (Wildman–Crippen LogP) is 3.55. The Labute approximate surface area is 142 Å². The molecule has 1 aliphatic rings. The van der Waals surface area contributed by atoms with Gasteiger partial charge in [-0.1, -0.05) is 36.8 Å². The van der Waals surface area contributed by atoms with Crippen LogP contribution in [0.15, 0.2) is 48.5 Å². The molecule has 0 unspecified atom stereocenters. The van der Waals surface area contributed by atoms with E-state index in [1.54, 1.807) is 4.90 Å². The average Bonchev–Trinajstić information content (AvgIpc) is 2.98. The van der Waals surface area contributed by atoms with Crippen molar-refractivity contribution in [2.75, 3.05) is 16.8 Å². The van der Waals surface area contributed by atoms with Gasteiger partial charge < -0.3 is 10.2 Å². The fraction of sp³-hybridized carbons (Fsp3) is 0.300. The van der Waals surface area contributed by atoms with Crippen LogP contribution in [0.3, 0.4) is 0 Å². The van der Waals surface area contributed by atoms with E-state index in [0.717, 1.165) is 23.4 Å². The minimum Gasteiger partial charge on any atom is -0.326 e. The van der Waals surface area contributed by atoms with Gasteiger partial charge in [-0.3, -0.25) is 9.59 Å². The van der Waals surface area contributed by atoms with Crippen LogP contribution in [-0.2, 0) is 16.0 Å². The Balaban J connectivity index is 1.68. The highest BCUT2D eigenvalue weighted by Gasteiger charge is 2.35. The number of nitrogens with one attached hydrogen (secondary N) is 1. The molecule has 24 heavy (non-hydrogen) atoms. The summed E-state index contributed by atoms with van der Waals surface area (Å²) < 4.78 is 0. The lowest BCUT2D eigenvalue weighted by Gasteiger charge is -2.17. The standard InChI is InChI=1S/C20H22N2O2/c1-3-15-5-4-6-17(11-15)21-20(24)16-12-19(23)22(13-16)18-9-7-14(2)8-10-18/h4-11,16H,3,12-13H2,1-2H3,(H,21,24)/t16-/m0/s1. The fourth-order valence-electron chi connectivity index (χ4n) is 2.97. The minimum atomic E-state index is -0.316. The van der Waals surface area contributed by atoms with Crippen LogP contribution in [0.1, 0.15) is 24.5 Å². The Morgan fingerprint density at radius 1 is 1.21 bits per heavy atom. The van der Waals surface area contributed by atoms with Crippen LogP contribution in [0.4, 0.5) is 11.4 Å². The van der Waals surface area contributed by atoms with Crippen LogP contribution in [0.2, 0.25) is 0 Å². The molecular weight excluding hydrogens is 300 g/mol. The van der Waals surface area contributed by atoms with Gasteiger partial charge in [-0.05, 0) is 43.2 Å². The first kappa shape index (κ1) is 16.2. The van der Waals surface area contributed by atoms with E-state index in [1.165, 1.54) is 5.56 Å². The molecule has 1 fully saturated rings. The van der Waals surface area contributed by atoms with Gasteiger partial charge in [0.1, 0.15) is 0 Å². The zero-order chi connectivity index (χ0) is 17.1. The number of hydrogen-bond acceptors (Lipinski definition) is 2. The van der Waals surface area contributed by atoms with E-state index in [2.05, 4.69) is 12.2 Å². The molecule has 0 radical (unpaired) electrons. The fourth-order valence-corrected chi connectivity index (χ4v) is 2.97. The predicted molar refractivity (Wildman–Crippen MR) is 96.1 cm³/mol. The lowest BCUT2D eigenvalue weighted by atomic mass is 10.1. The maximum Gasteiger partial charge on any atom is 0.229 e. The number of carbonyl (C=O) groups excluding carboxylic acids is 2. The molecular formula is C20H22N2O2. The van der Waals surface area contributed by atoms with E-state index in [1.807, 2.05) is 55.5 Å². The molecule has 2 aromatic rings. The first-order chi connectivity index (χ1) is 11.6. The molecule has 4 heteroatoms. The highest BCUT2D eigenvalue weighted by molar-refractivity contribution is 6.03. The number of nitrogens with zero attached hydrogens (tertiary/aromatic N) is 1. The number of amides is 2. The van der Waals surface area contributed by atoms with Crippen molar-refractivity contribution in [2.45, 2.75) is 26.7 Å². The zero-order valence-electron chi connectivity index (χ0n) is 14.1. The van der Waals surface area contributed by atoms with Crippen LogP contribution >= 0.6 is 0 Å². The number of carbonyl (C=O) groups is 2. The monoisotopic (exact) mass is 322 g/mol. The normalized spacial score (nSPS) is 17.2. The lowest BCUT2D eigenvalue weighted by Crippen LogP contribution is -2.28. The van der Waals surface area contributed by atoms with Gasteiger partial charge in [0, 0.05) is 24.3 Å². The molecule has 2 aromatic carbocycles. The van der Waals surface area contributed by atoms with Crippen LogP contribution in [0.25, 0.3) is 0 Å². The summed E-state index contributed by atoms with van der Waals surface area (Å²) in [5, 5.41) is 2.94. The number of anilines is 2. The average molecular weight is 322 g/mol. The SMILES string of the molecule is CCc1cccc(NC(=O)[C@H]2CC(=O)N(c3ccc(C)cc3)C2)c1. The van der Waals surface area contributed by atoms with Crippen molar-refractivity contribution in [2.24, 2.45) is 5.92 Å². The van der Waals surface area contributed by atoms with Crippen molar-refractivity contribution < 1.29 is 9.59 Å². The van der Waals surface area contributed by atoms with E-state index < -0.39 is 0 Å². The molecule has 1 saturated heterocycles. The van der Waals surface area contributed by atoms with E-state index in [4.69, 9.17) is 0 Å². The number of hydrogen-bond donors (Lipinski definition) is 1. The van der Waals surface area contributed by atoms with Crippen molar-refractivity contribution >= 4 is 23.2 Å². The Morgan fingerprint density at radius 3 is 2.67 bits per heavy atom. The molecule has 124 valence electrons. The molecule has 0 spiro atoms. The molecule has 3 rings (SSSR count). The zero-order valence-corrected chi connectivity index (χ0v) is 14.1. The smallest absolute Gasteiger partial charge is 0.229 e. The Kier molecular flexibility index (Phi) is 4.65. The largest absolute Gasteiger partial charge is 0.326 e. The molecule has 0 bridgehead atoms. The third-order valence-electron chi connectivity index (χ3n) is 4.44. The summed E-state index contributed by atoms with van der Waals surface area (Å²) in [6.07, 6.45) is 1.18. The molecule has 1 heterocycles. The number of aryl methyl sites for hydroxylation is 2. The first-order valence-corrected chi connectivity index (χ1v) is 8.33. The van der Waals surface area contributed by atoms with Gasteiger partial charge >= 0.3 is 0 Å². The van der Waals surface area contributed by atoms with Gasteiger partial charge in [-0.2, -0.15) is 0 Å². The highest BCUT2D eigenvalue weighted by atomic mass is 16.2. The molecule has 2 amide bonds. The van der Waals surface area contributed by atoms with E-state index in [9.17, 15) is 9.59 Å². The molecule has 0 aromatic heterocycles. The summed E-state index contributed by atoms with van der Waals surface area (Å²) in [7, 11) is 0. The quantitative estimate of drug-likeness (QED) is 0.936. The van der Waals surface area contributed by atoms with Crippen molar-refractivity contribution in [3.63, 3.8) is 0 Å². The number of rotatable bonds is 4. The third kappa shape index (κ3) is 3.48. The second kappa shape index (κ2) is 6.87. The van der Waals surface area contributed by atoms with Crippen molar-refractivity contribution in [1.29, 1.82) is 0 Å². The molecule has 4 nitrogen and oxygen atoms in total. The van der Waals surface area contributed by atoms with Gasteiger partial charge in [0.05, 0.1) is 5.92 Å². The third-order valence-corrected chi connectivity index (χ3v) is 4.44. The van der Waals surface area contributed by atoms with Crippen LogP contribution in [0.5, 0.6) is 0 Å². The summed E-state index contributed by atoms with van der Waals surface area (Å²) >= 11 is 0. The maximum atomic E-state index is 12.5. The summed E-state index contributed by atoms with van der Waals surface area (Å²) in [5.41, 5.74) is 3.97. The molecule has 0 aliphatic carbocycles. The second-order valence-corrected chi connectivity index (χ2v) is 6.28. The van der Waals surface area contributed by atoms with E-state index in [0.29, 0.717) is 6.54 Å². The van der Waals surface area contributed by atoms with E-state index in [-0.39, 0.29) is 24.2 Å². The van der Waals surface area contributed by atoms with Gasteiger partial charge in [-0.15, -0.1) is 0 Å². The minimum absolute atomic E-state index is 0.00121. The van der Waals surface area contributed by atoms with Gasteiger partial charge in [-0.25, -0.2) is 0 Å².